The zero-order valence-electron chi connectivity index (χ0n) is 19.2. The van der Waals surface area contributed by atoms with Crippen LogP contribution in [0, 0.1) is 13.8 Å². The lowest BCUT2D eigenvalue weighted by atomic mass is 10.1. The molecule has 3 amide bonds. The predicted octanol–water partition coefficient (Wildman–Crippen LogP) is 3.19. The number of aryl methyl sites for hydroxylation is 1. The minimum Gasteiger partial charge on any atom is -0.324 e. The van der Waals surface area contributed by atoms with Crippen LogP contribution in [0.3, 0.4) is 0 Å². The number of nitrogens with zero attached hydrogens (tertiary/aromatic N) is 2. The van der Waals surface area contributed by atoms with Gasteiger partial charge in [-0.1, -0.05) is 12.1 Å². The molecule has 1 atom stereocenters. The Kier molecular flexibility index (Phi) is 6.45. The van der Waals surface area contributed by atoms with Crippen molar-refractivity contribution in [3.8, 4) is 0 Å². The number of hydrogen-bond donors (Lipinski definition) is 2. The number of likely N-dealkylation sites (tertiary alicyclic amines) is 1. The van der Waals surface area contributed by atoms with Gasteiger partial charge in [0.1, 0.15) is 0 Å². The second kappa shape index (κ2) is 9.15. The van der Waals surface area contributed by atoms with Gasteiger partial charge in [0.2, 0.25) is 15.9 Å². The summed E-state index contributed by atoms with van der Waals surface area (Å²) in [6.45, 7) is 7.44. The van der Waals surface area contributed by atoms with E-state index in [0.29, 0.717) is 18.7 Å². The summed E-state index contributed by atoms with van der Waals surface area (Å²) >= 11 is 0. The maximum atomic E-state index is 13.0. The van der Waals surface area contributed by atoms with Crippen LogP contribution >= 0.6 is 0 Å². The molecular formula is C24H30N4O4S. The maximum Gasteiger partial charge on any atom is 0.324 e. The van der Waals surface area contributed by atoms with Crippen LogP contribution in [0.4, 0.5) is 16.2 Å². The third kappa shape index (κ3) is 4.74. The van der Waals surface area contributed by atoms with E-state index in [-0.39, 0.29) is 10.9 Å². The number of nitrogens with one attached hydrogen (secondary N) is 2. The molecule has 0 saturated carbocycles. The molecule has 176 valence electrons. The van der Waals surface area contributed by atoms with Gasteiger partial charge in [-0.05, 0) is 81.0 Å². The molecule has 2 aliphatic heterocycles. The maximum absolute atomic E-state index is 13.0. The fraction of sp³-hybridized carbons (Fsp3) is 0.417. The number of amides is 3. The van der Waals surface area contributed by atoms with Gasteiger partial charge >= 0.3 is 6.03 Å². The van der Waals surface area contributed by atoms with Crippen LogP contribution in [0.15, 0.2) is 41.3 Å². The topological polar surface area (TPSA) is 98.8 Å². The van der Waals surface area contributed by atoms with Gasteiger partial charge in [0, 0.05) is 31.0 Å². The molecule has 2 heterocycles. The third-order valence-corrected chi connectivity index (χ3v) is 7.99. The predicted molar refractivity (Wildman–Crippen MR) is 128 cm³/mol. The molecule has 2 aromatic rings. The number of carbonyl (C=O) groups is 2. The van der Waals surface area contributed by atoms with Crippen LogP contribution in [0.25, 0.3) is 0 Å². The lowest BCUT2D eigenvalue weighted by molar-refractivity contribution is -0.117. The van der Waals surface area contributed by atoms with Gasteiger partial charge in [-0.2, -0.15) is 4.72 Å². The zero-order valence-corrected chi connectivity index (χ0v) is 20.0. The Balaban J connectivity index is 1.46. The van der Waals surface area contributed by atoms with Gasteiger partial charge < -0.3 is 10.2 Å². The second-order valence-corrected chi connectivity index (χ2v) is 10.5. The molecular weight excluding hydrogens is 440 g/mol. The van der Waals surface area contributed by atoms with Gasteiger partial charge in [0.25, 0.3) is 0 Å². The molecule has 0 spiro atoms. The van der Waals surface area contributed by atoms with Crippen molar-refractivity contribution in [3.63, 3.8) is 0 Å². The van der Waals surface area contributed by atoms with E-state index in [4.69, 9.17) is 0 Å². The summed E-state index contributed by atoms with van der Waals surface area (Å²) < 4.78 is 28.4. The number of benzene rings is 2. The van der Waals surface area contributed by atoms with E-state index in [0.717, 1.165) is 48.3 Å². The molecule has 4 rings (SSSR count). The van der Waals surface area contributed by atoms with Crippen molar-refractivity contribution in [2.75, 3.05) is 29.9 Å². The second-order valence-electron chi connectivity index (χ2n) is 8.75. The lowest BCUT2D eigenvalue weighted by Crippen LogP contribution is -2.41. The molecule has 0 bridgehead atoms. The van der Waals surface area contributed by atoms with Crippen molar-refractivity contribution < 1.29 is 18.0 Å². The van der Waals surface area contributed by atoms with E-state index in [1.165, 1.54) is 13.0 Å². The van der Waals surface area contributed by atoms with E-state index in [1.54, 1.807) is 23.1 Å². The first-order valence-electron chi connectivity index (χ1n) is 11.3. The van der Waals surface area contributed by atoms with Crippen LogP contribution in [0.1, 0.15) is 36.5 Å². The van der Waals surface area contributed by atoms with Crippen molar-refractivity contribution in [2.45, 2.75) is 51.0 Å². The molecule has 0 aliphatic carbocycles. The summed E-state index contributed by atoms with van der Waals surface area (Å²) in [6, 6.07) is 9.38. The van der Waals surface area contributed by atoms with Crippen LogP contribution in [-0.2, 0) is 21.2 Å². The fourth-order valence-corrected chi connectivity index (χ4v) is 5.56. The normalized spacial score (nSPS) is 16.6. The van der Waals surface area contributed by atoms with Crippen molar-refractivity contribution in [1.29, 1.82) is 0 Å². The highest BCUT2D eigenvalue weighted by Gasteiger charge is 2.31. The Morgan fingerprint density at radius 1 is 1.03 bits per heavy atom. The Morgan fingerprint density at radius 3 is 2.48 bits per heavy atom. The van der Waals surface area contributed by atoms with Gasteiger partial charge in [-0.25, -0.2) is 13.2 Å². The summed E-state index contributed by atoms with van der Waals surface area (Å²) in [4.78, 5) is 29.1. The summed E-state index contributed by atoms with van der Waals surface area (Å²) in [5.41, 5.74) is 4.21. The number of hydrogen-bond acceptors (Lipinski definition) is 4. The van der Waals surface area contributed by atoms with Crippen molar-refractivity contribution >= 4 is 33.3 Å². The molecule has 1 fully saturated rings. The first kappa shape index (κ1) is 23.3. The molecule has 2 aliphatic rings. The summed E-state index contributed by atoms with van der Waals surface area (Å²) in [6.07, 6.45) is 2.63. The molecule has 0 unspecified atom stereocenters. The first-order valence-corrected chi connectivity index (χ1v) is 12.7. The molecule has 9 heteroatoms. The van der Waals surface area contributed by atoms with Crippen molar-refractivity contribution in [2.24, 2.45) is 0 Å². The number of rotatable bonds is 5. The number of urea groups is 1. The largest absolute Gasteiger partial charge is 0.324 e. The highest BCUT2D eigenvalue weighted by atomic mass is 32.2. The Bertz CT molecular complexity index is 1190. The van der Waals surface area contributed by atoms with E-state index >= 15 is 0 Å². The zero-order chi connectivity index (χ0) is 23.8. The van der Waals surface area contributed by atoms with E-state index < -0.39 is 22.0 Å². The van der Waals surface area contributed by atoms with Gasteiger partial charge in [0.15, 0.2) is 0 Å². The standard InChI is InChI=1S/C24H30N4O4S/c1-16-7-6-8-21(17(16)2)25-23(29)18(3)26-33(31,32)20-9-10-22-19(15-20)11-14-28(22)24(30)27-12-4-5-13-27/h6-10,15,18,26H,4-5,11-14H2,1-3H3,(H,25,29)/t18-/m0/s1. The fourth-order valence-electron chi connectivity index (χ4n) is 4.30. The van der Waals surface area contributed by atoms with Gasteiger partial charge in [0.05, 0.1) is 10.9 Å². The van der Waals surface area contributed by atoms with Crippen molar-refractivity contribution in [3.05, 3.63) is 53.1 Å². The monoisotopic (exact) mass is 470 g/mol. The summed E-state index contributed by atoms with van der Waals surface area (Å²) in [5.74, 6) is -0.434. The molecule has 8 nitrogen and oxygen atoms in total. The number of fused-ring (bicyclic) bond motifs is 1. The molecule has 2 aromatic carbocycles. The minimum absolute atomic E-state index is 0.0169. The van der Waals surface area contributed by atoms with Crippen LogP contribution < -0.4 is 14.9 Å². The lowest BCUT2D eigenvalue weighted by Gasteiger charge is -2.24. The third-order valence-electron chi connectivity index (χ3n) is 6.45. The van der Waals surface area contributed by atoms with Gasteiger partial charge in [-0.15, -0.1) is 0 Å². The van der Waals surface area contributed by atoms with E-state index in [1.807, 2.05) is 30.9 Å². The van der Waals surface area contributed by atoms with Crippen LogP contribution in [0.5, 0.6) is 0 Å². The van der Waals surface area contributed by atoms with Crippen LogP contribution in [-0.4, -0.2) is 50.9 Å². The molecule has 0 aromatic heterocycles. The smallest absolute Gasteiger partial charge is 0.324 e. The number of anilines is 2. The SMILES string of the molecule is Cc1cccc(NC(=O)[C@H](C)NS(=O)(=O)c2ccc3c(c2)CCN3C(=O)N2CCCC2)c1C. The highest BCUT2D eigenvalue weighted by molar-refractivity contribution is 7.89. The van der Waals surface area contributed by atoms with E-state index in [9.17, 15) is 18.0 Å². The molecule has 1 saturated heterocycles. The first-order chi connectivity index (χ1) is 15.7. The average molecular weight is 471 g/mol. The highest BCUT2D eigenvalue weighted by Crippen LogP contribution is 2.31. The van der Waals surface area contributed by atoms with Gasteiger partial charge in [-0.3, -0.25) is 9.69 Å². The van der Waals surface area contributed by atoms with Crippen LogP contribution in [0.2, 0.25) is 0 Å². The number of carbonyl (C=O) groups excluding carboxylic acids is 2. The molecule has 33 heavy (non-hydrogen) atoms. The quantitative estimate of drug-likeness (QED) is 0.701. The minimum atomic E-state index is -3.91. The molecule has 2 N–H and O–H groups in total. The van der Waals surface area contributed by atoms with E-state index in [2.05, 4.69) is 10.0 Å². The Hall–Kier alpha value is -2.91. The molecule has 0 radical (unpaired) electrons. The Labute approximate surface area is 195 Å². The number of sulfonamides is 1. The summed E-state index contributed by atoms with van der Waals surface area (Å²) in [7, 11) is -3.91. The summed E-state index contributed by atoms with van der Waals surface area (Å²) in [5, 5.41) is 2.80. The average Bonchev–Trinajstić information content (AvgIpc) is 3.46. The van der Waals surface area contributed by atoms with Crippen molar-refractivity contribution in [1.82, 2.24) is 9.62 Å². The Morgan fingerprint density at radius 2 is 1.76 bits per heavy atom.